The van der Waals surface area contributed by atoms with Crippen LogP contribution in [0.1, 0.15) is 11.1 Å². The highest BCUT2D eigenvalue weighted by atomic mass is 16.5. The number of hydrogen-bond donors (Lipinski definition) is 1. The topological polar surface area (TPSA) is 41.8 Å². The largest absolute Gasteiger partial charge is 0.442 e. The van der Waals surface area contributed by atoms with E-state index in [1.807, 2.05) is 32.0 Å². The van der Waals surface area contributed by atoms with Gasteiger partial charge in [-0.25, -0.2) is 0 Å². The zero-order chi connectivity index (χ0) is 8.97. The van der Waals surface area contributed by atoms with Crippen molar-refractivity contribution in [2.24, 2.45) is 5.16 Å². The number of aryl methyl sites for hydroxylation is 2. The fraction of sp³-hybridized carbons (Fsp3) is 0.222. The lowest BCUT2D eigenvalue weighted by atomic mass is 10.1. The molecular weight excluding hydrogens is 154 g/mol. The first-order chi connectivity index (χ1) is 5.72. The van der Waals surface area contributed by atoms with E-state index in [0.717, 1.165) is 17.5 Å². The van der Waals surface area contributed by atoms with Crippen molar-refractivity contribution in [3.05, 3.63) is 29.3 Å². The number of ether oxygens (including phenoxy) is 1. The molecule has 1 aromatic rings. The van der Waals surface area contributed by atoms with E-state index in [-0.39, 0.29) is 0 Å². The van der Waals surface area contributed by atoms with Crippen LogP contribution in [0.3, 0.4) is 0 Å². The lowest BCUT2D eigenvalue weighted by Crippen LogP contribution is -1.90. The molecule has 1 N–H and O–H groups in total. The SMILES string of the molecule is Cc1cc(C)cc(O/C=N/O)c1. The van der Waals surface area contributed by atoms with Gasteiger partial charge in [-0.15, -0.1) is 0 Å². The van der Waals surface area contributed by atoms with Gasteiger partial charge < -0.3 is 9.94 Å². The molecule has 1 rings (SSSR count). The Balaban J connectivity index is 2.85. The van der Waals surface area contributed by atoms with Crippen molar-refractivity contribution >= 4 is 6.40 Å². The van der Waals surface area contributed by atoms with Crippen LogP contribution in [0.25, 0.3) is 0 Å². The lowest BCUT2D eigenvalue weighted by molar-refractivity contribution is 0.309. The van der Waals surface area contributed by atoms with E-state index in [1.54, 1.807) is 0 Å². The summed E-state index contributed by atoms with van der Waals surface area (Å²) in [5, 5.41) is 10.9. The summed E-state index contributed by atoms with van der Waals surface area (Å²) in [6, 6.07) is 5.78. The van der Waals surface area contributed by atoms with Gasteiger partial charge in [0, 0.05) is 0 Å². The first kappa shape index (κ1) is 8.59. The molecule has 0 saturated heterocycles. The smallest absolute Gasteiger partial charge is 0.218 e. The molecule has 0 fully saturated rings. The highest BCUT2D eigenvalue weighted by Crippen LogP contribution is 2.15. The number of nitrogens with zero attached hydrogens (tertiary/aromatic N) is 1. The van der Waals surface area contributed by atoms with Gasteiger partial charge in [0.05, 0.1) is 0 Å². The van der Waals surface area contributed by atoms with Crippen molar-refractivity contribution < 1.29 is 9.94 Å². The van der Waals surface area contributed by atoms with Crippen LogP contribution >= 0.6 is 0 Å². The quantitative estimate of drug-likeness (QED) is 0.315. The van der Waals surface area contributed by atoms with Gasteiger partial charge in [-0.3, -0.25) is 0 Å². The zero-order valence-electron chi connectivity index (χ0n) is 7.11. The Morgan fingerprint density at radius 3 is 2.33 bits per heavy atom. The predicted octanol–water partition coefficient (Wildman–Crippen LogP) is 2.10. The van der Waals surface area contributed by atoms with Gasteiger partial charge >= 0.3 is 0 Å². The number of hydrogen-bond acceptors (Lipinski definition) is 3. The summed E-state index contributed by atoms with van der Waals surface area (Å²) in [5.74, 6) is 0.685. The van der Waals surface area contributed by atoms with Crippen LogP contribution in [-0.4, -0.2) is 11.6 Å². The molecule has 0 saturated carbocycles. The van der Waals surface area contributed by atoms with Gasteiger partial charge in [0.1, 0.15) is 5.75 Å². The van der Waals surface area contributed by atoms with E-state index in [4.69, 9.17) is 9.94 Å². The third-order valence-electron chi connectivity index (χ3n) is 1.43. The molecule has 1 aromatic carbocycles. The summed E-state index contributed by atoms with van der Waals surface area (Å²) in [6.45, 7) is 3.96. The normalized spacial score (nSPS) is 10.5. The molecule has 0 amide bonds. The van der Waals surface area contributed by atoms with Gasteiger partial charge in [-0.2, -0.15) is 0 Å². The Kier molecular flexibility index (Phi) is 2.69. The molecule has 0 aliphatic carbocycles. The van der Waals surface area contributed by atoms with E-state index >= 15 is 0 Å². The average molecular weight is 165 g/mol. The van der Waals surface area contributed by atoms with Crippen LogP contribution in [-0.2, 0) is 0 Å². The Morgan fingerprint density at radius 2 is 1.83 bits per heavy atom. The summed E-state index contributed by atoms with van der Waals surface area (Å²) in [6.07, 6.45) is 0.994. The maximum absolute atomic E-state index is 8.11. The van der Waals surface area contributed by atoms with E-state index in [9.17, 15) is 0 Å². The third kappa shape index (κ3) is 2.27. The summed E-state index contributed by atoms with van der Waals surface area (Å²) >= 11 is 0. The van der Waals surface area contributed by atoms with Crippen molar-refractivity contribution in [1.82, 2.24) is 0 Å². The predicted molar refractivity (Wildman–Crippen MR) is 46.8 cm³/mol. The summed E-state index contributed by atoms with van der Waals surface area (Å²) in [4.78, 5) is 0. The number of oxime groups is 1. The summed E-state index contributed by atoms with van der Waals surface area (Å²) < 4.78 is 4.98. The van der Waals surface area contributed by atoms with E-state index in [1.165, 1.54) is 0 Å². The second-order valence-corrected chi connectivity index (χ2v) is 2.66. The van der Waals surface area contributed by atoms with Gasteiger partial charge in [0.15, 0.2) is 0 Å². The first-order valence-corrected chi connectivity index (χ1v) is 3.63. The molecule has 3 heteroatoms. The van der Waals surface area contributed by atoms with Gasteiger partial charge in [0.25, 0.3) is 0 Å². The first-order valence-electron chi connectivity index (χ1n) is 3.63. The maximum Gasteiger partial charge on any atom is 0.218 e. The fourth-order valence-electron chi connectivity index (χ4n) is 1.09. The number of rotatable bonds is 2. The molecule has 0 aliphatic heterocycles. The maximum atomic E-state index is 8.11. The average Bonchev–Trinajstić information content (AvgIpc) is 1.99. The van der Waals surface area contributed by atoms with Crippen molar-refractivity contribution in [2.75, 3.05) is 0 Å². The van der Waals surface area contributed by atoms with Crippen LogP contribution in [0.4, 0.5) is 0 Å². The second kappa shape index (κ2) is 3.76. The van der Waals surface area contributed by atoms with Gasteiger partial charge in [0.2, 0.25) is 6.40 Å². The minimum Gasteiger partial charge on any atom is -0.442 e. The Morgan fingerprint density at radius 1 is 1.25 bits per heavy atom. The molecule has 64 valence electrons. The Hall–Kier alpha value is -1.51. The fourth-order valence-corrected chi connectivity index (χ4v) is 1.09. The van der Waals surface area contributed by atoms with Gasteiger partial charge in [-0.05, 0) is 37.1 Å². The Labute approximate surface area is 71.3 Å². The van der Waals surface area contributed by atoms with Crippen molar-refractivity contribution in [2.45, 2.75) is 13.8 Å². The Bertz CT molecular complexity index is 274. The minimum atomic E-state index is 0.685. The highest BCUT2D eigenvalue weighted by molar-refractivity contribution is 5.51. The van der Waals surface area contributed by atoms with E-state index < -0.39 is 0 Å². The van der Waals surface area contributed by atoms with Crippen LogP contribution < -0.4 is 4.74 Å². The second-order valence-electron chi connectivity index (χ2n) is 2.66. The molecule has 0 bridgehead atoms. The highest BCUT2D eigenvalue weighted by Gasteiger charge is 1.94. The molecule has 12 heavy (non-hydrogen) atoms. The lowest BCUT2D eigenvalue weighted by Gasteiger charge is -2.01. The van der Waals surface area contributed by atoms with Crippen molar-refractivity contribution in [3.63, 3.8) is 0 Å². The zero-order valence-corrected chi connectivity index (χ0v) is 7.11. The van der Waals surface area contributed by atoms with Crippen molar-refractivity contribution in [3.8, 4) is 5.75 Å². The van der Waals surface area contributed by atoms with Crippen LogP contribution in [0, 0.1) is 13.8 Å². The molecule has 0 radical (unpaired) electrons. The molecule has 0 unspecified atom stereocenters. The molecule has 3 nitrogen and oxygen atoms in total. The minimum absolute atomic E-state index is 0.685. The van der Waals surface area contributed by atoms with Crippen molar-refractivity contribution in [1.29, 1.82) is 0 Å². The van der Waals surface area contributed by atoms with Gasteiger partial charge in [-0.1, -0.05) is 11.2 Å². The summed E-state index contributed by atoms with van der Waals surface area (Å²) in [5.41, 5.74) is 2.24. The molecule has 0 aromatic heterocycles. The van der Waals surface area contributed by atoms with Crippen LogP contribution in [0.2, 0.25) is 0 Å². The summed E-state index contributed by atoms with van der Waals surface area (Å²) in [7, 11) is 0. The molecule has 0 heterocycles. The monoisotopic (exact) mass is 165 g/mol. The molecule has 0 aliphatic rings. The standard InChI is InChI=1S/C9H11NO2/c1-7-3-8(2)5-9(4-7)12-6-10-11/h3-6,11H,1-2H3/b10-6+. The van der Waals surface area contributed by atoms with Crippen LogP contribution in [0.15, 0.2) is 23.4 Å². The third-order valence-corrected chi connectivity index (χ3v) is 1.43. The van der Waals surface area contributed by atoms with E-state index in [0.29, 0.717) is 5.75 Å². The molecule has 0 atom stereocenters. The molecular formula is C9H11NO2. The van der Waals surface area contributed by atoms with Crippen LogP contribution in [0.5, 0.6) is 5.75 Å². The van der Waals surface area contributed by atoms with E-state index in [2.05, 4.69) is 5.16 Å². The molecule has 0 spiro atoms. The number of benzene rings is 1.